The molecule has 0 unspecified atom stereocenters. The van der Waals surface area contributed by atoms with Crippen LogP contribution in [0, 0.1) is 11.3 Å². The zero-order chi connectivity index (χ0) is 27.5. The predicted molar refractivity (Wildman–Crippen MR) is 143 cm³/mol. The van der Waals surface area contributed by atoms with E-state index in [1.807, 2.05) is 13.1 Å². The molecule has 1 saturated heterocycles. The Bertz CT molecular complexity index is 1170. The molecular weight excluding hydrogens is 497 g/mol. The van der Waals surface area contributed by atoms with Crippen molar-refractivity contribution >= 4 is 39.6 Å². The van der Waals surface area contributed by atoms with E-state index < -0.39 is 40.7 Å². The largest absolute Gasteiger partial charge is 0.413 e. The molecule has 4 atom stereocenters. The average Bonchev–Trinajstić information content (AvgIpc) is 3.25. The Labute approximate surface area is 214 Å². The Morgan fingerprint density at radius 1 is 1.11 bits per heavy atom. The van der Waals surface area contributed by atoms with Gasteiger partial charge in [-0.25, -0.2) is 9.37 Å². The zero-order valence-corrected chi connectivity index (χ0v) is 25.0. The van der Waals surface area contributed by atoms with E-state index in [0.29, 0.717) is 0 Å². The number of nitrogens with two attached hydrogens (primary N) is 2. The van der Waals surface area contributed by atoms with Crippen LogP contribution >= 0.6 is 0 Å². The number of anilines is 2. The third kappa shape index (κ3) is 4.89. The van der Waals surface area contributed by atoms with E-state index in [4.69, 9.17) is 25.1 Å². The second-order valence-corrected chi connectivity index (χ2v) is 22.2. The number of imidazole rings is 1. The number of alkyl halides is 1. The minimum atomic E-state index is -2.52. The summed E-state index contributed by atoms with van der Waals surface area (Å²) in [4.78, 5) is 12.4. The third-order valence-corrected chi connectivity index (χ3v) is 16.9. The molecule has 200 valence electrons. The third-order valence-electron chi connectivity index (χ3n) is 7.96. The van der Waals surface area contributed by atoms with Crippen molar-refractivity contribution in [1.29, 1.82) is 5.26 Å². The van der Waals surface area contributed by atoms with Gasteiger partial charge < -0.3 is 25.1 Å². The molecule has 1 aliphatic heterocycles. The summed E-state index contributed by atoms with van der Waals surface area (Å²) < 4.78 is 37.1. The summed E-state index contributed by atoms with van der Waals surface area (Å²) in [7, 11) is -4.82. The highest BCUT2D eigenvalue weighted by Crippen LogP contribution is 2.47. The molecule has 0 amide bonds. The second-order valence-electron chi connectivity index (χ2n) is 12.6. The van der Waals surface area contributed by atoms with Gasteiger partial charge in [-0.1, -0.05) is 41.5 Å². The standard InChI is InChI=1S/C23H40FN7O3Si2/c1-21(2,3)35(7,8)32-12-23(11-25)16(34-36(9,10)22(4,5)6)14(24)19(33-23)31-13-28-15-17(26)29-20(27)30-18(15)31/h13-14,16,19H,12H2,1-10H3,(H4,26,27,29,30)/t14-,16+,19-,23-/m1/s1. The molecule has 4 N–H and O–H groups in total. The van der Waals surface area contributed by atoms with Crippen LogP contribution < -0.4 is 11.5 Å². The van der Waals surface area contributed by atoms with Crippen LogP contribution in [0.3, 0.4) is 0 Å². The Morgan fingerprint density at radius 3 is 2.22 bits per heavy atom. The lowest BCUT2D eigenvalue weighted by molar-refractivity contribution is -0.0863. The molecule has 0 aromatic carbocycles. The van der Waals surface area contributed by atoms with E-state index in [9.17, 15) is 5.26 Å². The molecule has 0 radical (unpaired) electrons. The number of nitrogens with zero attached hydrogens (tertiary/aromatic N) is 5. The summed E-state index contributed by atoms with van der Waals surface area (Å²) in [6, 6.07) is 2.24. The molecule has 36 heavy (non-hydrogen) atoms. The van der Waals surface area contributed by atoms with Crippen LogP contribution in [0.4, 0.5) is 16.2 Å². The van der Waals surface area contributed by atoms with Gasteiger partial charge in [0.05, 0.1) is 12.9 Å². The molecule has 13 heteroatoms. The SMILES string of the molecule is CC(C)(C)[Si](C)(C)OC[C@@]1(C#N)O[C@@H](n2cnc3c(N)nc(N)nc32)[C@H](F)[C@@H]1O[Si](C)(C)C(C)(C)C. The zero-order valence-electron chi connectivity index (χ0n) is 23.0. The summed E-state index contributed by atoms with van der Waals surface area (Å²) >= 11 is 0. The maximum atomic E-state index is 16.4. The minimum Gasteiger partial charge on any atom is -0.413 e. The number of halogens is 1. The number of hydrogen-bond acceptors (Lipinski definition) is 9. The van der Waals surface area contributed by atoms with E-state index in [1.165, 1.54) is 10.9 Å². The lowest BCUT2D eigenvalue weighted by atomic mass is 9.99. The molecule has 0 aliphatic carbocycles. The fourth-order valence-electron chi connectivity index (χ4n) is 3.50. The topological polar surface area (TPSA) is 147 Å². The van der Waals surface area contributed by atoms with Gasteiger partial charge in [0.2, 0.25) is 11.5 Å². The van der Waals surface area contributed by atoms with Crippen molar-refractivity contribution in [2.24, 2.45) is 0 Å². The van der Waals surface area contributed by atoms with Crippen LogP contribution in [0.5, 0.6) is 0 Å². The van der Waals surface area contributed by atoms with Crippen LogP contribution in [0.2, 0.25) is 36.3 Å². The molecule has 2 aromatic rings. The molecule has 2 aromatic heterocycles. The number of ether oxygens (including phenoxy) is 1. The van der Waals surface area contributed by atoms with Crippen LogP contribution in [0.25, 0.3) is 11.2 Å². The van der Waals surface area contributed by atoms with E-state index >= 15 is 4.39 Å². The van der Waals surface area contributed by atoms with Crippen molar-refractivity contribution in [2.45, 2.75) is 102 Å². The van der Waals surface area contributed by atoms with Crippen LogP contribution in [-0.2, 0) is 13.6 Å². The maximum Gasteiger partial charge on any atom is 0.224 e. The maximum absolute atomic E-state index is 16.4. The molecule has 0 bridgehead atoms. The van der Waals surface area contributed by atoms with Gasteiger partial charge in [-0.15, -0.1) is 0 Å². The number of rotatable bonds is 6. The summed E-state index contributed by atoms with van der Waals surface area (Å²) in [5.74, 6) is 0.00331. The van der Waals surface area contributed by atoms with Crippen LogP contribution in [0.1, 0.15) is 47.8 Å². The van der Waals surface area contributed by atoms with Gasteiger partial charge in [-0.05, 0) is 36.3 Å². The van der Waals surface area contributed by atoms with Crippen LogP contribution in [-0.4, -0.2) is 60.6 Å². The summed E-state index contributed by atoms with van der Waals surface area (Å²) in [6.07, 6.45) is -2.78. The lowest BCUT2D eigenvalue weighted by Crippen LogP contribution is -2.56. The van der Waals surface area contributed by atoms with Gasteiger partial charge in [0.25, 0.3) is 0 Å². The Balaban J connectivity index is 2.10. The van der Waals surface area contributed by atoms with E-state index in [-0.39, 0.29) is 39.6 Å². The summed E-state index contributed by atoms with van der Waals surface area (Å²) in [5, 5.41) is 10.1. The van der Waals surface area contributed by atoms with Crippen molar-refractivity contribution < 1.29 is 18.0 Å². The highest BCUT2D eigenvalue weighted by atomic mass is 28.4. The van der Waals surface area contributed by atoms with Crippen molar-refractivity contribution in [3.05, 3.63) is 6.33 Å². The smallest absolute Gasteiger partial charge is 0.224 e. The van der Waals surface area contributed by atoms with Crippen LogP contribution in [0.15, 0.2) is 6.33 Å². The van der Waals surface area contributed by atoms with Gasteiger partial charge in [0, 0.05) is 0 Å². The predicted octanol–water partition coefficient (Wildman–Crippen LogP) is 4.53. The van der Waals surface area contributed by atoms with E-state index in [0.717, 1.165) is 0 Å². The van der Waals surface area contributed by atoms with Gasteiger partial charge in [0.15, 0.2) is 40.5 Å². The second kappa shape index (κ2) is 9.02. The molecule has 3 heterocycles. The first-order valence-electron chi connectivity index (χ1n) is 12.1. The number of aromatic nitrogens is 4. The van der Waals surface area contributed by atoms with Gasteiger partial charge in [-0.3, -0.25) is 4.57 Å². The first-order valence-corrected chi connectivity index (χ1v) is 17.9. The van der Waals surface area contributed by atoms with E-state index in [1.54, 1.807) is 0 Å². The Kier molecular flexibility index (Phi) is 7.13. The molecule has 0 spiro atoms. The summed E-state index contributed by atoms with van der Waals surface area (Å²) in [6.45, 7) is 20.6. The number of nitrogen functional groups attached to an aromatic ring is 2. The highest BCUT2D eigenvalue weighted by Gasteiger charge is 2.61. The first-order chi connectivity index (χ1) is 16.3. The number of fused-ring (bicyclic) bond motifs is 1. The fraction of sp³-hybridized carbons (Fsp3) is 0.739. The van der Waals surface area contributed by atoms with Crippen molar-refractivity contribution in [1.82, 2.24) is 19.5 Å². The lowest BCUT2D eigenvalue weighted by Gasteiger charge is -2.42. The van der Waals surface area contributed by atoms with Gasteiger partial charge in [-0.2, -0.15) is 15.2 Å². The van der Waals surface area contributed by atoms with Crippen molar-refractivity contribution in [3.8, 4) is 6.07 Å². The molecular formula is C23H40FN7O3Si2. The molecule has 1 fully saturated rings. The fourth-order valence-corrected chi connectivity index (χ4v) is 5.82. The first kappa shape index (κ1) is 28.5. The minimum absolute atomic E-state index is 0.0722. The van der Waals surface area contributed by atoms with E-state index in [2.05, 4.69) is 75.7 Å². The number of nitriles is 1. The van der Waals surface area contributed by atoms with Crippen molar-refractivity contribution in [2.75, 3.05) is 18.1 Å². The molecule has 1 aliphatic rings. The monoisotopic (exact) mass is 537 g/mol. The van der Waals surface area contributed by atoms with Crippen molar-refractivity contribution in [3.63, 3.8) is 0 Å². The average molecular weight is 538 g/mol. The molecule has 10 nitrogen and oxygen atoms in total. The normalized spacial score (nSPS) is 25.9. The summed E-state index contributed by atoms with van der Waals surface area (Å²) in [5.41, 5.74) is 10.6. The van der Waals surface area contributed by atoms with Gasteiger partial charge in [0.1, 0.15) is 17.7 Å². The Hall–Kier alpha value is -2.12. The number of hydrogen-bond donors (Lipinski definition) is 2. The highest BCUT2D eigenvalue weighted by molar-refractivity contribution is 6.74. The molecule has 3 rings (SSSR count). The Morgan fingerprint density at radius 2 is 1.69 bits per heavy atom. The molecule has 0 saturated carbocycles. The van der Waals surface area contributed by atoms with Gasteiger partial charge >= 0.3 is 0 Å². The quantitative estimate of drug-likeness (QED) is 0.507.